The molecule has 1 aromatic rings. The van der Waals surface area contributed by atoms with Crippen LogP contribution in [0.4, 0.5) is 0 Å². The molecule has 0 saturated heterocycles. The largest absolute Gasteiger partial charge is 0.490 e. The van der Waals surface area contributed by atoms with Gasteiger partial charge in [0.2, 0.25) is 0 Å². The lowest BCUT2D eigenvalue weighted by atomic mass is 9.84. The standard InChI is InChI=1S/C22H36N2O5/c1-15(2)12-20(23)22(28,21(26)27)14-17-13-19(9-10-24-17)29-18-7-5-16(6-8-18)4-3-11-25/h9-10,13,15-16,18,20,25,28H,3-8,11-12,14,23H2,1-2H3,(H,26,27). The lowest BCUT2D eigenvalue weighted by Crippen LogP contribution is -2.56. The van der Waals surface area contributed by atoms with E-state index in [0.29, 0.717) is 23.8 Å². The van der Waals surface area contributed by atoms with Gasteiger partial charge < -0.3 is 25.8 Å². The third-order valence-corrected chi connectivity index (χ3v) is 5.81. The van der Waals surface area contributed by atoms with Crippen LogP contribution in [-0.4, -0.2) is 50.6 Å². The van der Waals surface area contributed by atoms with Crippen molar-refractivity contribution < 1.29 is 24.9 Å². The second-order valence-electron chi connectivity index (χ2n) is 8.75. The molecule has 5 N–H and O–H groups in total. The van der Waals surface area contributed by atoms with Crippen molar-refractivity contribution >= 4 is 5.97 Å². The molecule has 1 fully saturated rings. The van der Waals surface area contributed by atoms with Crippen LogP contribution in [0.15, 0.2) is 18.3 Å². The third-order valence-electron chi connectivity index (χ3n) is 5.81. The van der Waals surface area contributed by atoms with Crippen LogP contribution in [0, 0.1) is 11.8 Å². The van der Waals surface area contributed by atoms with Crippen LogP contribution in [0.5, 0.6) is 5.75 Å². The molecular weight excluding hydrogens is 372 g/mol. The number of aliphatic hydroxyl groups is 2. The smallest absolute Gasteiger partial charge is 0.337 e. The van der Waals surface area contributed by atoms with E-state index in [1.807, 2.05) is 13.8 Å². The van der Waals surface area contributed by atoms with Crippen LogP contribution >= 0.6 is 0 Å². The van der Waals surface area contributed by atoms with Crippen LogP contribution in [0.1, 0.15) is 64.5 Å². The predicted molar refractivity (Wildman–Crippen MR) is 111 cm³/mol. The van der Waals surface area contributed by atoms with Crippen LogP contribution in [0.2, 0.25) is 0 Å². The van der Waals surface area contributed by atoms with E-state index in [1.54, 1.807) is 18.3 Å². The van der Waals surface area contributed by atoms with Crippen LogP contribution in [0.3, 0.4) is 0 Å². The summed E-state index contributed by atoms with van der Waals surface area (Å²) in [6.45, 7) is 4.13. The predicted octanol–water partition coefficient (Wildman–Crippen LogP) is 2.52. The summed E-state index contributed by atoms with van der Waals surface area (Å²) in [7, 11) is 0. The number of aliphatic hydroxyl groups excluding tert-OH is 1. The van der Waals surface area contributed by atoms with E-state index in [9.17, 15) is 15.0 Å². The molecule has 0 bridgehead atoms. The van der Waals surface area contributed by atoms with Crippen molar-refractivity contribution in [3.8, 4) is 5.75 Å². The molecule has 0 aromatic carbocycles. The molecule has 1 aromatic heterocycles. The maximum absolute atomic E-state index is 11.8. The first-order valence-corrected chi connectivity index (χ1v) is 10.7. The van der Waals surface area contributed by atoms with Gasteiger partial charge in [-0.2, -0.15) is 0 Å². The fraction of sp³-hybridized carbons (Fsp3) is 0.727. The lowest BCUT2D eigenvalue weighted by Gasteiger charge is -2.31. The Kier molecular flexibility index (Phi) is 8.86. The van der Waals surface area contributed by atoms with Gasteiger partial charge in [0.15, 0.2) is 5.60 Å². The van der Waals surface area contributed by atoms with Gasteiger partial charge in [-0.3, -0.25) is 4.98 Å². The van der Waals surface area contributed by atoms with Gasteiger partial charge >= 0.3 is 5.97 Å². The summed E-state index contributed by atoms with van der Waals surface area (Å²) in [6.07, 6.45) is 7.96. The SMILES string of the molecule is CC(C)CC(N)C(O)(Cc1cc(OC2CCC(CCCO)CC2)ccn1)C(=O)O. The number of carboxylic acid groups (broad SMARTS) is 1. The van der Waals surface area contributed by atoms with E-state index in [-0.39, 0.29) is 25.0 Å². The Bertz CT molecular complexity index is 646. The van der Waals surface area contributed by atoms with E-state index >= 15 is 0 Å². The summed E-state index contributed by atoms with van der Waals surface area (Å²) >= 11 is 0. The Labute approximate surface area is 173 Å². The molecule has 7 heteroatoms. The fourth-order valence-corrected chi connectivity index (χ4v) is 4.08. The molecule has 1 aliphatic carbocycles. The van der Waals surface area contributed by atoms with E-state index < -0.39 is 17.6 Å². The number of ether oxygens (including phenoxy) is 1. The van der Waals surface area contributed by atoms with Gasteiger partial charge in [-0.25, -0.2) is 4.79 Å². The van der Waals surface area contributed by atoms with E-state index in [1.165, 1.54) is 0 Å². The highest BCUT2D eigenvalue weighted by atomic mass is 16.5. The van der Waals surface area contributed by atoms with Crippen molar-refractivity contribution in [3.05, 3.63) is 24.0 Å². The Morgan fingerprint density at radius 3 is 2.62 bits per heavy atom. The molecule has 2 atom stereocenters. The number of hydrogen-bond acceptors (Lipinski definition) is 6. The normalized spacial score (nSPS) is 22.8. The van der Waals surface area contributed by atoms with Gasteiger partial charge in [0.1, 0.15) is 5.75 Å². The molecule has 0 amide bonds. The number of nitrogens with two attached hydrogens (primary N) is 1. The molecule has 0 radical (unpaired) electrons. The molecule has 164 valence electrons. The molecule has 2 rings (SSSR count). The first kappa shape index (κ1) is 23.6. The van der Waals surface area contributed by atoms with Crippen molar-refractivity contribution in [1.82, 2.24) is 4.98 Å². The van der Waals surface area contributed by atoms with Crippen molar-refractivity contribution in [2.24, 2.45) is 17.6 Å². The van der Waals surface area contributed by atoms with E-state index in [2.05, 4.69) is 4.98 Å². The summed E-state index contributed by atoms with van der Waals surface area (Å²) in [5.41, 5.74) is 4.41. The molecule has 0 spiro atoms. The van der Waals surface area contributed by atoms with Crippen molar-refractivity contribution in [2.75, 3.05) is 6.61 Å². The fourth-order valence-electron chi connectivity index (χ4n) is 4.08. The second kappa shape index (κ2) is 10.9. The molecule has 29 heavy (non-hydrogen) atoms. The Morgan fingerprint density at radius 2 is 2.03 bits per heavy atom. The number of carboxylic acids is 1. The zero-order valence-corrected chi connectivity index (χ0v) is 17.6. The van der Waals surface area contributed by atoms with Crippen molar-refractivity contribution in [3.63, 3.8) is 0 Å². The van der Waals surface area contributed by atoms with Crippen LogP contribution in [0.25, 0.3) is 0 Å². The Balaban J connectivity index is 1.99. The second-order valence-corrected chi connectivity index (χ2v) is 8.75. The first-order chi connectivity index (χ1) is 13.7. The monoisotopic (exact) mass is 408 g/mol. The zero-order chi connectivity index (χ0) is 21.4. The van der Waals surface area contributed by atoms with Crippen LogP contribution in [-0.2, 0) is 11.2 Å². The first-order valence-electron chi connectivity index (χ1n) is 10.7. The molecule has 0 aliphatic heterocycles. The molecule has 1 saturated carbocycles. The maximum atomic E-state index is 11.8. The molecular formula is C22H36N2O5. The number of carbonyl (C=O) groups is 1. The van der Waals surface area contributed by atoms with Gasteiger partial charge in [0, 0.05) is 37.0 Å². The number of pyridine rings is 1. The van der Waals surface area contributed by atoms with E-state index in [0.717, 1.165) is 38.5 Å². The number of hydrogen-bond donors (Lipinski definition) is 4. The van der Waals surface area contributed by atoms with Crippen LogP contribution < -0.4 is 10.5 Å². The third kappa shape index (κ3) is 6.94. The Morgan fingerprint density at radius 1 is 1.34 bits per heavy atom. The molecule has 1 heterocycles. The van der Waals surface area contributed by atoms with Gasteiger partial charge in [-0.1, -0.05) is 13.8 Å². The summed E-state index contributed by atoms with van der Waals surface area (Å²) < 4.78 is 6.10. The highest BCUT2D eigenvalue weighted by molar-refractivity contribution is 5.78. The average molecular weight is 409 g/mol. The molecule has 2 unspecified atom stereocenters. The van der Waals surface area contributed by atoms with Crippen molar-refractivity contribution in [1.29, 1.82) is 0 Å². The topological polar surface area (TPSA) is 126 Å². The number of aliphatic carboxylic acids is 1. The highest BCUT2D eigenvalue weighted by Crippen LogP contribution is 2.31. The van der Waals surface area contributed by atoms with E-state index in [4.69, 9.17) is 15.6 Å². The van der Waals surface area contributed by atoms with Crippen molar-refractivity contribution in [2.45, 2.75) is 83.0 Å². The minimum Gasteiger partial charge on any atom is -0.490 e. The minimum absolute atomic E-state index is 0.122. The Hall–Kier alpha value is -1.70. The lowest BCUT2D eigenvalue weighted by molar-refractivity contribution is -0.161. The minimum atomic E-state index is -2.07. The molecule has 7 nitrogen and oxygen atoms in total. The summed E-state index contributed by atoms with van der Waals surface area (Å²) in [5, 5.41) is 29.3. The van der Waals surface area contributed by atoms with Gasteiger partial charge in [-0.15, -0.1) is 0 Å². The average Bonchev–Trinajstić information content (AvgIpc) is 2.67. The summed E-state index contributed by atoms with van der Waals surface area (Å²) in [5.74, 6) is 0.132. The van der Waals surface area contributed by atoms with Gasteiger partial charge in [-0.05, 0) is 62.8 Å². The number of aromatic nitrogens is 1. The summed E-state index contributed by atoms with van der Waals surface area (Å²) in [6, 6.07) is 2.57. The quantitative estimate of drug-likeness (QED) is 0.443. The highest BCUT2D eigenvalue weighted by Gasteiger charge is 2.43. The molecule has 1 aliphatic rings. The summed E-state index contributed by atoms with van der Waals surface area (Å²) in [4.78, 5) is 16.0. The maximum Gasteiger partial charge on any atom is 0.337 e. The zero-order valence-electron chi connectivity index (χ0n) is 17.6. The van der Waals surface area contributed by atoms with Gasteiger partial charge in [0.25, 0.3) is 0 Å². The number of rotatable bonds is 11. The van der Waals surface area contributed by atoms with Gasteiger partial charge in [0.05, 0.1) is 6.10 Å². The number of nitrogens with zero attached hydrogens (tertiary/aromatic N) is 1.